The third-order valence-corrected chi connectivity index (χ3v) is 5.05. The number of anilines is 1. The highest BCUT2D eigenvalue weighted by molar-refractivity contribution is 6.33. The number of amides is 2. The second-order valence-corrected chi connectivity index (χ2v) is 6.87. The zero-order valence-corrected chi connectivity index (χ0v) is 14.3. The molecule has 1 saturated heterocycles. The highest BCUT2D eigenvalue weighted by Crippen LogP contribution is 2.38. The van der Waals surface area contributed by atoms with Gasteiger partial charge in [-0.1, -0.05) is 35.9 Å². The van der Waals surface area contributed by atoms with E-state index in [0.717, 1.165) is 0 Å². The Labute approximate surface area is 150 Å². The van der Waals surface area contributed by atoms with Gasteiger partial charge in [0.15, 0.2) is 5.78 Å². The predicted octanol–water partition coefficient (Wildman–Crippen LogP) is 3.98. The van der Waals surface area contributed by atoms with Gasteiger partial charge in [-0.3, -0.25) is 4.79 Å². The maximum absolute atomic E-state index is 12.5. The number of ether oxygens (including phenoxy) is 1. The van der Waals surface area contributed by atoms with Crippen LogP contribution in [0.2, 0.25) is 5.02 Å². The van der Waals surface area contributed by atoms with Crippen molar-refractivity contribution < 1.29 is 14.3 Å². The molecule has 5 nitrogen and oxygen atoms in total. The number of hydrogen-bond donors (Lipinski definition) is 1. The highest BCUT2D eigenvalue weighted by atomic mass is 35.5. The van der Waals surface area contributed by atoms with E-state index in [-0.39, 0.29) is 11.8 Å². The summed E-state index contributed by atoms with van der Waals surface area (Å²) in [5, 5.41) is 3.31. The molecule has 2 aliphatic rings. The summed E-state index contributed by atoms with van der Waals surface area (Å²) in [6.45, 7) is 0.912. The van der Waals surface area contributed by atoms with Gasteiger partial charge in [0, 0.05) is 13.0 Å². The van der Waals surface area contributed by atoms with Crippen molar-refractivity contribution in [3.8, 4) is 5.75 Å². The highest BCUT2D eigenvalue weighted by Gasteiger charge is 2.47. The van der Waals surface area contributed by atoms with Crippen LogP contribution in [0.1, 0.15) is 23.2 Å². The molecule has 25 heavy (non-hydrogen) atoms. The Morgan fingerprint density at radius 3 is 2.76 bits per heavy atom. The quantitative estimate of drug-likeness (QED) is 0.840. The number of hydrogen-bond acceptors (Lipinski definition) is 3. The van der Waals surface area contributed by atoms with Crippen LogP contribution in [0.3, 0.4) is 0 Å². The summed E-state index contributed by atoms with van der Waals surface area (Å²) in [5.41, 5.74) is 0.552. The first-order chi connectivity index (χ1) is 12.1. The van der Waals surface area contributed by atoms with Gasteiger partial charge in [0.25, 0.3) is 0 Å². The molecule has 1 atom stereocenters. The maximum Gasteiger partial charge on any atom is 0.322 e. The number of fused-ring (bicyclic) bond motifs is 1. The van der Waals surface area contributed by atoms with Crippen molar-refractivity contribution in [2.24, 2.45) is 0 Å². The number of carbonyl (C=O) groups excluding carboxylic acids is 2. The second-order valence-electron chi connectivity index (χ2n) is 6.46. The fraction of sp³-hybridized carbons (Fsp3) is 0.263. The van der Waals surface area contributed by atoms with Crippen LogP contribution >= 0.6 is 11.6 Å². The van der Waals surface area contributed by atoms with E-state index in [2.05, 4.69) is 5.32 Å². The summed E-state index contributed by atoms with van der Waals surface area (Å²) in [7, 11) is 0. The van der Waals surface area contributed by atoms with Crippen molar-refractivity contribution in [2.75, 3.05) is 18.4 Å². The van der Waals surface area contributed by atoms with Gasteiger partial charge < -0.3 is 15.0 Å². The van der Waals surface area contributed by atoms with E-state index in [4.69, 9.17) is 16.3 Å². The summed E-state index contributed by atoms with van der Waals surface area (Å²) >= 11 is 6.09. The van der Waals surface area contributed by atoms with Crippen LogP contribution in [-0.4, -0.2) is 35.4 Å². The molecule has 128 valence electrons. The Hall–Kier alpha value is -2.53. The summed E-state index contributed by atoms with van der Waals surface area (Å²) in [4.78, 5) is 26.6. The maximum atomic E-state index is 12.5. The Kier molecular flexibility index (Phi) is 3.88. The minimum atomic E-state index is -0.636. The van der Waals surface area contributed by atoms with Crippen molar-refractivity contribution in [1.29, 1.82) is 0 Å². The number of nitrogens with zero attached hydrogens (tertiary/aromatic N) is 1. The van der Waals surface area contributed by atoms with E-state index >= 15 is 0 Å². The van der Waals surface area contributed by atoms with Gasteiger partial charge in [-0.05, 0) is 24.3 Å². The largest absolute Gasteiger partial charge is 0.484 e. The SMILES string of the molecule is O=C1CC2(CCN(C(=O)Nc3ccccc3Cl)C2)Oc2ccccc21. The van der Waals surface area contributed by atoms with Crippen molar-refractivity contribution in [3.05, 3.63) is 59.1 Å². The zero-order valence-electron chi connectivity index (χ0n) is 13.5. The average molecular weight is 357 g/mol. The van der Waals surface area contributed by atoms with Gasteiger partial charge in [-0.2, -0.15) is 0 Å². The van der Waals surface area contributed by atoms with Crippen molar-refractivity contribution in [3.63, 3.8) is 0 Å². The zero-order chi connectivity index (χ0) is 17.4. The average Bonchev–Trinajstić information content (AvgIpc) is 3.00. The minimum Gasteiger partial charge on any atom is -0.484 e. The molecule has 1 N–H and O–H groups in total. The van der Waals surface area contributed by atoms with Crippen LogP contribution in [0, 0.1) is 0 Å². The summed E-state index contributed by atoms with van der Waals surface area (Å²) in [6, 6.07) is 14.1. The van der Waals surface area contributed by atoms with Crippen LogP contribution in [0.15, 0.2) is 48.5 Å². The Balaban J connectivity index is 1.49. The molecular formula is C19H17ClN2O3. The third kappa shape index (κ3) is 2.96. The molecule has 1 fully saturated rings. The monoisotopic (exact) mass is 356 g/mol. The number of urea groups is 1. The number of halogens is 1. The minimum absolute atomic E-state index is 0.0650. The predicted molar refractivity (Wildman–Crippen MR) is 95.4 cm³/mol. The van der Waals surface area contributed by atoms with E-state index in [1.54, 1.807) is 29.2 Å². The lowest BCUT2D eigenvalue weighted by atomic mass is 9.89. The van der Waals surface area contributed by atoms with Crippen LogP contribution in [0.4, 0.5) is 10.5 Å². The van der Waals surface area contributed by atoms with E-state index in [0.29, 0.717) is 48.0 Å². The molecule has 2 aromatic rings. The summed E-state index contributed by atoms with van der Waals surface area (Å²) < 4.78 is 6.14. The first kappa shape index (κ1) is 16.0. The van der Waals surface area contributed by atoms with E-state index in [1.807, 2.05) is 24.3 Å². The molecule has 0 radical (unpaired) electrons. The van der Waals surface area contributed by atoms with Crippen molar-refractivity contribution in [1.82, 2.24) is 4.90 Å². The Morgan fingerprint density at radius 2 is 1.92 bits per heavy atom. The lowest BCUT2D eigenvalue weighted by Gasteiger charge is -2.34. The van der Waals surface area contributed by atoms with E-state index in [1.165, 1.54) is 0 Å². The van der Waals surface area contributed by atoms with Gasteiger partial charge in [0.05, 0.1) is 29.2 Å². The van der Waals surface area contributed by atoms with Crippen LogP contribution in [0.5, 0.6) is 5.75 Å². The van der Waals surface area contributed by atoms with Gasteiger partial charge >= 0.3 is 6.03 Å². The first-order valence-corrected chi connectivity index (χ1v) is 8.56. The van der Waals surface area contributed by atoms with Crippen molar-refractivity contribution >= 4 is 29.1 Å². The smallest absolute Gasteiger partial charge is 0.322 e. The molecule has 2 heterocycles. The number of Topliss-reactive ketones (excluding diaryl/α,β-unsaturated/α-hetero) is 1. The first-order valence-electron chi connectivity index (χ1n) is 8.18. The summed E-state index contributed by atoms with van der Waals surface area (Å²) in [5.74, 6) is 0.669. The summed E-state index contributed by atoms with van der Waals surface area (Å²) in [6.07, 6.45) is 0.920. The molecule has 6 heteroatoms. The molecule has 1 spiro atoms. The van der Waals surface area contributed by atoms with Crippen LogP contribution in [-0.2, 0) is 0 Å². The number of para-hydroxylation sites is 2. The molecule has 2 aromatic carbocycles. The molecule has 0 aliphatic carbocycles. The van der Waals surface area contributed by atoms with Crippen LogP contribution in [0.25, 0.3) is 0 Å². The fourth-order valence-corrected chi connectivity index (χ4v) is 3.63. The normalized spacial score (nSPS) is 21.8. The lowest BCUT2D eigenvalue weighted by Crippen LogP contribution is -2.45. The molecule has 1 unspecified atom stereocenters. The van der Waals surface area contributed by atoms with E-state index in [9.17, 15) is 9.59 Å². The lowest BCUT2D eigenvalue weighted by molar-refractivity contribution is 0.0482. The Bertz CT molecular complexity index is 854. The molecule has 2 aliphatic heterocycles. The third-order valence-electron chi connectivity index (χ3n) is 4.72. The number of benzene rings is 2. The molecule has 0 saturated carbocycles. The molecule has 2 amide bonds. The van der Waals surface area contributed by atoms with Gasteiger partial charge in [-0.15, -0.1) is 0 Å². The molecule has 0 aromatic heterocycles. The van der Waals surface area contributed by atoms with E-state index < -0.39 is 5.60 Å². The molecule has 0 bridgehead atoms. The standard InChI is InChI=1S/C19H17ClN2O3/c20-14-6-2-3-7-15(14)21-18(24)22-10-9-19(12-22)11-16(23)13-5-1-4-8-17(13)25-19/h1-8H,9-12H2,(H,21,24). The van der Waals surface area contributed by atoms with Gasteiger partial charge in [0.2, 0.25) is 0 Å². The number of ketones is 1. The number of likely N-dealkylation sites (tertiary alicyclic amines) is 1. The second kappa shape index (κ2) is 6.08. The van der Waals surface area contributed by atoms with Crippen molar-refractivity contribution in [2.45, 2.75) is 18.4 Å². The van der Waals surface area contributed by atoms with Crippen LogP contribution < -0.4 is 10.1 Å². The molecular weight excluding hydrogens is 340 g/mol. The fourth-order valence-electron chi connectivity index (χ4n) is 3.45. The Morgan fingerprint density at radius 1 is 1.16 bits per heavy atom. The number of nitrogens with one attached hydrogen (secondary N) is 1. The topological polar surface area (TPSA) is 58.6 Å². The van der Waals surface area contributed by atoms with Gasteiger partial charge in [-0.25, -0.2) is 4.79 Å². The van der Waals surface area contributed by atoms with Gasteiger partial charge in [0.1, 0.15) is 11.4 Å². The number of rotatable bonds is 1. The number of carbonyl (C=O) groups is 2. The molecule has 4 rings (SSSR count).